The summed E-state index contributed by atoms with van der Waals surface area (Å²) in [5.41, 5.74) is 13.1. The lowest BCUT2D eigenvalue weighted by Gasteiger charge is -2.31. The summed E-state index contributed by atoms with van der Waals surface area (Å²) >= 11 is 0. The van der Waals surface area contributed by atoms with Crippen molar-refractivity contribution in [3.8, 4) is 5.69 Å². The third kappa shape index (κ3) is 4.38. The monoisotopic (exact) mass is 407 g/mol. The van der Waals surface area contributed by atoms with Crippen LogP contribution in [0.3, 0.4) is 0 Å². The first kappa shape index (κ1) is 19.8. The highest BCUT2D eigenvalue weighted by atomic mass is 16.1. The Balaban J connectivity index is 1.59. The number of carbonyl (C=O) groups is 1. The van der Waals surface area contributed by atoms with E-state index in [2.05, 4.69) is 30.8 Å². The molecule has 0 saturated heterocycles. The second-order valence-electron chi connectivity index (χ2n) is 7.36. The van der Waals surface area contributed by atoms with Gasteiger partial charge >= 0.3 is 0 Å². The van der Waals surface area contributed by atoms with Gasteiger partial charge in [-0.25, -0.2) is 4.98 Å². The molecule has 0 bridgehead atoms. The van der Waals surface area contributed by atoms with Crippen LogP contribution in [-0.4, -0.2) is 43.5 Å². The van der Waals surface area contributed by atoms with Gasteiger partial charge in [0.25, 0.3) is 5.91 Å². The second kappa shape index (κ2) is 8.87. The third-order valence-corrected chi connectivity index (χ3v) is 5.34. The minimum atomic E-state index is -0.563. The van der Waals surface area contributed by atoms with E-state index in [1.54, 1.807) is 36.9 Å². The first-order chi connectivity index (χ1) is 14.6. The van der Waals surface area contributed by atoms with Gasteiger partial charge in [-0.15, -0.1) is 4.80 Å². The number of pyridine rings is 2. The van der Waals surface area contributed by atoms with Gasteiger partial charge in [0.15, 0.2) is 0 Å². The van der Waals surface area contributed by atoms with Crippen LogP contribution in [0.2, 0.25) is 0 Å². The summed E-state index contributed by atoms with van der Waals surface area (Å²) < 4.78 is 0. The molecule has 10 nitrogen and oxygen atoms in total. The van der Waals surface area contributed by atoms with Crippen molar-refractivity contribution in [1.82, 2.24) is 25.0 Å². The smallest absolute Gasteiger partial charge is 0.252 e. The second-order valence-corrected chi connectivity index (χ2v) is 7.36. The SMILES string of the molecule is NCC1CCCC[C@H]1Nc1ccc(C(N)=O)c(Nc2cncc(-n3nccn3)c2)n1. The fourth-order valence-electron chi connectivity index (χ4n) is 3.79. The van der Waals surface area contributed by atoms with Crippen LogP contribution in [0, 0.1) is 5.92 Å². The summed E-state index contributed by atoms with van der Waals surface area (Å²) in [4.78, 5) is 22.2. The molecule has 6 N–H and O–H groups in total. The molecular formula is C20H25N9O. The number of hydrogen-bond acceptors (Lipinski definition) is 8. The third-order valence-electron chi connectivity index (χ3n) is 5.34. The standard InChI is InChI=1S/C20H25N9O/c21-10-13-3-1-2-4-17(13)27-18-6-5-16(19(22)30)20(28-18)26-14-9-15(12-23-11-14)29-24-7-8-25-29/h5-9,11-13,17H,1-4,10,21H2,(H2,22,30)(H2,26,27,28)/t13?,17-/m1/s1. The molecule has 0 aromatic carbocycles. The van der Waals surface area contributed by atoms with Gasteiger partial charge in [0, 0.05) is 6.04 Å². The number of rotatable bonds is 7. The Bertz CT molecular complexity index is 1010. The molecule has 30 heavy (non-hydrogen) atoms. The minimum absolute atomic E-state index is 0.263. The van der Waals surface area contributed by atoms with Gasteiger partial charge in [-0.3, -0.25) is 9.78 Å². The van der Waals surface area contributed by atoms with Crippen molar-refractivity contribution in [3.05, 3.63) is 48.5 Å². The van der Waals surface area contributed by atoms with Crippen LogP contribution in [0.4, 0.5) is 17.3 Å². The lowest BCUT2D eigenvalue weighted by atomic mass is 9.84. The van der Waals surface area contributed by atoms with E-state index in [4.69, 9.17) is 11.5 Å². The van der Waals surface area contributed by atoms with Crippen LogP contribution in [-0.2, 0) is 0 Å². The molecule has 156 valence electrons. The van der Waals surface area contributed by atoms with Crippen molar-refractivity contribution in [2.75, 3.05) is 17.2 Å². The fourth-order valence-corrected chi connectivity index (χ4v) is 3.79. The van der Waals surface area contributed by atoms with Crippen molar-refractivity contribution >= 4 is 23.2 Å². The summed E-state index contributed by atoms with van der Waals surface area (Å²) in [6, 6.07) is 5.52. The van der Waals surface area contributed by atoms with Gasteiger partial charge in [-0.1, -0.05) is 12.8 Å². The van der Waals surface area contributed by atoms with E-state index in [1.807, 2.05) is 6.07 Å². The topological polar surface area (TPSA) is 150 Å². The van der Waals surface area contributed by atoms with Crippen LogP contribution >= 0.6 is 0 Å². The van der Waals surface area contributed by atoms with E-state index >= 15 is 0 Å². The zero-order valence-corrected chi connectivity index (χ0v) is 16.5. The average Bonchev–Trinajstić information content (AvgIpc) is 3.29. The van der Waals surface area contributed by atoms with Gasteiger partial charge in [0.05, 0.1) is 36.0 Å². The molecular weight excluding hydrogens is 382 g/mol. The van der Waals surface area contributed by atoms with Crippen molar-refractivity contribution in [1.29, 1.82) is 0 Å². The number of anilines is 3. The van der Waals surface area contributed by atoms with Gasteiger partial charge in [-0.05, 0) is 43.5 Å². The summed E-state index contributed by atoms with van der Waals surface area (Å²) in [6.07, 6.45) is 11.0. The highest BCUT2D eigenvalue weighted by Crippen LogP contribution is 2.28. The number of carbonyl (C=O) groups excluding carboxylic acids is 1. The molecule has 1 amide bonds. The maximum atomic E-state index is 11.9. The number of aromatic nitrogens is 5. The molecule has 1 aliphatic carbocycles. The van der Waals surface area contributed by atoms with Gasteiger partial charge in [-0.2, -0.15) is 10.2 Å². The molecule has 1 aliphatic rings. The summed E-state index contributed by atoms with van der Waals surface area (Å²) in [5, 5.41) is 14.8. The number of amides is 1. The highest BCUT2D eigenvalue weighted by Gasteiger charge is 2.24. The predicted molar refractivity (Wildman–Crippen MR) is 114 cm³/mol. The largest absolute Gasteiger partial charge is 0.367 e. The molecule has 4 rings (SSSR count). The number of nitrogens with one attached hydrogen (secondary N) is 2. The zero-order valence-electron chi connectivity index (χ0n) is 16.5. The lowest BCUT2D eigenvalue weighted by Crippen LogP contribution is -2.37. The molecule has 1 unspecified atom stereocenters. The summed E-state index contributed by atoms with van der Waals surface area (Å²) in [5.74, 6) is 0.882. The van der Waals surface area contributed by atoms with Crippen LogP contribution in [0.1, 0.15) is 36.0 Å². The normalized spacial score (nSPS) is 18.7. The van der Waals surface area contributed by atoms with Crippen LogP contribution in [0.15, 0.2) is 43.0 Å². The Hall–Kier alpha value is -3.53. The van der Waals surface area contributed by atoms with Gasteiger partial charge in [0.1, 0.15) is 17.3 Å². The predicted octanol–water partition coefficient (Wildman–Crippen LogP) is 1.83. The number of nitrogens with zero attached hydrogens (tertiary/aromatic N) is 5. The Morgan fingerprint density at radius 1 is 1.17 bits per heavy atom. The Labute approximate surface area is 174 Å². The number of hydrogen-bond donors (Lipinski definition) is 4. The molecule has 2 atom stereocenters. The van der Waals surface area contributed by atoms with E-state index < -0.39 is 5.91 Å². The zero-order chi connectivity index (χ0) is 20.9. The lowest BCUT2D eigenvalue weighted by molar-refractivity contribution is 0.100. The first-order valence-electron chi connectivity index (χ1n) is 10.0. The van der Waals surface area contributed by atoms with E-state index in [9.17, 15) is 4.79 Å². The van der Waals surface area contributed by atoms with Crippen LogP contribution in [0.25, 0.3) is 5.69 Å². The van der Waals surface area contributed by atoms with Crippen molar-refractivity contribution in [2.45, 2.75) is 31.7 Å². The van der Waals surface area contributed by atoms with Gasteiger partial charge < -0.3 is 22.1 Å². The molecule has 0 spiro atoms. The van der Waals surface area contributed by atoms with Crippen molar-refractivity contribution in [3.63, 3.8) is 0 Å². The molecule has 3 heterocycles. The van der Waals surface area contributed by atoms with E-state index in [0.29, 0.717) is 41.0 Å². The van der Waals surface area contributed by atoms with E-state index in [-0.39, 0.29) is 6.04 Å². The van der Waals surface area contributed by atoms with Crippen molar-refractivity contribution in [2.24, 2.45) is 17.4 Å². The van der Waals surface area contributed by atoms with E-state index in [0.717, 1.165) is 12.8 Å². The molecule has 3 aromatic heterocycles. The van der Waals surface area contributed by atoms with Gasteiger partial charge in [0.2, 0.25) is 0 Å². The molecule has 0 aliphatic heterocycles. The molecule has 1 saturated carbocycles. The van der Waals surface area contributed by atoms with E-state index in [1.165, 1.54) is 17.6 Å². The maximum Gasteiger partial charge on any atom is 0.252 e. The molecule has 3 aromatic rings. The van der Waals surface area contributed by atoms with Crippen LogP contribution < -0.4 is 22.1 Å². The summed E-state index contributed by atoms with van der Waals surface area (Å²) in [6.45, 7) is 0.641. The Kier molecular flexibility index (Phi) is 5.84. The Morgan fingerprint density at radius 3 is 2.73 bits per heavy atom. The highest BCUT2D eigenvalue weighted by molar-refractivity contribution is 5.98. The molecule has 0 radical (unpaired) electrons. The number of nitrogens with two attached hydrogens (primary N) is 2. The molecule has 10 heteroatoms. The minimum Gasteiger partial charge on any atom is -0.367 e. The first-order valence-corrected chi connectivity index (χ1v) is 10.0. The Morgan fingerprint density at radius 2 is 1.97 bits per heavy atom. The quantitative estimate of drug-likeness (QED) is 0.463. The van der Waals surface area contributed by atoms with Crippen LogP contribution in [0.5, 0.6) is 0 Å². The maximum absolute atomic E-state index is 11.9. The molecule has 1 fully saturated rings. The average molecular weight is 407 g/mol. The summed E-state index contributed by atoms with van der Waals surface area (Å²) in [7, 11) is 0. The fraction of sp³-hybridized carbons (Fsp3) is 0.350. The van der Waals surface area contributed by atoms with Crippen molar-refractivity contribution < 1.29 is 4.79 Å². The number of primary amides is 1.